The molecule has 0 bridgehead atoms. The number of halogens is 2. The van der Waals surface area contributed by atoms with Crippen molar-refractivity contribution in [2.75, 3.05) is 0 Å². The van der Waals surface area contributed by atoms with E-state index in [-0.39, 0.29) is 11.0 Å². The lowest BCUT2D eigenvalue weighted by molar-refractivity contribution is 0.254. The number of benzene rings is 1. The molecule has 0 amide bonds. The monoisotopic (exact) mass is 239 g/mol. The molecule has 1 saturated carbocycles. The van der Waals surface area contributed by atoms with Crippen LogP contribution in [0.2, 0.25) is 0 Å². The van der Waals surface area contributed by atoms with Crippen LogP contribution in [0.15, 0.2) is 12.1 Å². The van der Waals surface area contributed by atoms with Gasteiger partial charge in [-0.3, -0.25) is 0 Å². The van der Waals surface area contributed by atoms with E-state index in [1.165, 1.54) is 12.1 Å². The van der Waals surface area contributed by atoms with Gasteiger partial charge in [-0.2, -0.15) is 0 Å². The van der Waals surface area contributed by atoms with Crippen LogP contribution in [0.1, 0.15) is 49.8 Å². The first-order valence-corrected chi connectivity index (χ1v) is 6.16. The van der Waals surface area contributed by atoms with Crippen LogP contribution >= 0.6 is 0 Å². The van der Waals surface area contributed by atoms with Crippen LogP contribution in [-0.4, -0.2) is 0 Å². The van der Waals surface area contributed by atoms with Gasteiger partial charge >= 0.3 is 0 Å². The second-order valence-corrected chi connectivity index (χ2v) is 5.43. The van der Waals surface area contributed by atoms with E-state index in [9.17, 15) is 8.78 Å². The molecule has 1 aliphatic rings. The summed E-state index contributed by atoms with van der Waals surface area (Å²) in [6, 6.07) is 2.22. The summed E-state index contributed by atoms with van der Waals surface area (Å²) in [7, 11) is 0. The molecule has 17 heavy (non-hydrogen) atoms. The minimum absolute atomic E-state index is 0.0643. The summed E-state index contributed by atoms with van der Waals surface area (Å²) < 4.78 is 27.8. The van der Waals surface area contributed by atoms with Crippen molar-refractivity contribution in [3.63, 3.8) is 0 Å². The lowest BCUT2D eigenvalue weighted by Gasteiger charge is -2.32. The van der Waals surface area contributed by atoms with E-state index >= 15 is 0 Å². The third-order valence-corrected chi connectivity index (χ3v) is 4.13. The third kappa shape index (κ3) is 2.08. The second-order valence-electron chi connectivity index (χ2n) is 5.43. The molecule has 1 aliphatic carbocycles. The Morgan fingerprint density at radius 1 is 1.24 bits per heavy atom. The minimum atomic E-state index is -0.551. The van der Waals surface area contributed by atoms with E-state index < -0.39 is 17.7 Å². The predicted octanol–water partition coefficient (Wildman–Crippen LogP) is 3.85. The van der Waals surface area contributed by atoms with Gasteiger partial charge in [0, 0.05) is 11.6 Å². The van der Waals surface area contributed by atoms with Crippen LogP contribution in [-0.2, 0) is 0 Å². The van der Waals surface area contributed by atoms with Crippen LogP contribution in [0.5, 0.6) is 0 Å². The first-order chi connectivity index (χ1) is 7.96. The molecule has 0 spiro atoms. The second kappa shape index (κ2) is 4.37. The highest BCUT2D eigenvalue weighted by atomic mass is 19.1. The van der Waals surface area contributed by atoms with Gasteiger partial charge in [0.25, 0.3) is 0 Å². The highest BCUT2D eigenvalue weighted by Gasteiger charge is 2.38. The summed E-state index contributed by atoms with van der Waals surface area (Å²) in [6.07, 6.45) is 4.08. The Morgan fingerprint density at radius 3 is 2.41 bits per heavy atom. The van der Waals surface area contributed by atoms with Crippen LogP contribution in [0.4, 0.5) is 8.78 Å². The maximum atomic E-state index is 14.0. The zero-order valence-electron chi connectivity index (χ0n) is 10.4. The SMILES string of the molecule is Cc1ccc(F)c(C(N)C2(C)CCCC2)c1F. The number of nitrogens with two attached hydrogens (primary N) is 1. The topological polar surface area (TPSA) is 26.0 Å². The van der Waals surface area contributed by atoms with E-state index in [0.29, 0.717) is 5.56 Å². The summed E-state index contributed by atoms with van der Waals surface area (Å²) in [5.74, 6) is -1.00. The van der Waals surface area contributed by atoms with Crippen molar-refractivity contribution in [3.8, 4) is 0 Å². The summed E-state index contributed by atoms with van der Waals surface area (Å²) in [5, 5.41) is 0. The molecule has 0 aliphatic heterocycles. The van der Waals surface area contributed by atoms with Crippen LogP contribution < -0.4 is 5.73 Å². The Hall–Kier alpha value is -0.960. The highest BCUT2D eigenvalue weighted by Crippen LogP contribution is 2.47. The molecule has 1 unspecified atom stereocenters. The summed E-state index contributed by atoms with van der Waals surface area (Å²) in [6.45, 7) is 3.67. The molecule has 0 heterocycles. The Balaban J connectivity index is 2.43. The Labute approximate surface area is 101 Å². The Morgan fingerprint density at radius 2 is 1.82 bits per heavy atom. The molecular weight excluding hydrogens is 220 g/mol. The van der Waals surface area contributed by atoms with E-state index in [1.54, 1.807) is 6.92 Å². The molecule has 0 radical (unpaired) electrons. The molecule has 94 valence electrons. The quantitative estimate of drug-likeness (QED) is 0.833. The lowest BCUT2D eigenvalue weighted by atomic mass is 9.77. The lowest BCUT2D eigenvalue weighted by Crippen LogP contribution is -2.31. The van der Waals surface area contributed by atoms with Crippen LogP contribution in [0.25, 0.3) is 0 Å². The maximum Gasteiger partial charge on any atom is 0.133 e. The summed E-state index contributed by atoms with van der Waals surface area (Å²) in [5.41, 5.74) is 6.48. The van der Waals surface area contributed by atoms with Gasteiger partial charge < -0.3 is 5.73 Å². The minimum Gasteiger partial charge on any atom is -0.323 e. The van der Waals surface area contributed by atoms with Crippen molar-refractivity contribution in [2.24, 2.45) is 11.1 Å². The molecule has 1 nitrogen and oxygen atoms in total. The van der Waals surface area contributed by atoms with Crippen molar-refractivity contribution < 1.29 is 8.78 Å². The normalized spacial score (nSPS) is 20.5. The van der Waals surface area contributed by atoms with E-state index in [4.69, 9.17) is 5.73 Å². The predicted molar refractivity (Wildman–Crippen MR) is 64.6 cm³/mol. The number of hydrogen-bond acceptors (Lipinski definition) is 1. The molecule has 1 fully saturated rings. The van der Waals surface area contributed by atoms with Gasteiger partial charge in [0.2, 0.25) is 0 Å². The van der Waals surface area contributed by atoms with Gasteiger partial charge in [-0.1, -0.05) is 25.8 Å². The first-order valence-electron chi connectivity index (χ1n) is 6.16. The number of hydrogen-bond donors (Lipinski definition) is 1. The van der Waals surface area contributed by atoms with Crippen molar-refractivity contribution >= 4 is 0 Å². The van der Waals surface area contributed by atoms with E-state index in [0.717, 1.165) is 25.7 Å². The largest absolute Gasteiger partial charge is 0.323 e. The number of rotatable bonds is 2. The molecule has 1 aromatic rings. The smallest absolute Gasteiger partial charge is 0.133 e. The fraction of sp³-hybridized carbons (Fsp3) is 0.571. The molecule has 1 atom stereocenters. The number of aryl methyl sites for hydroxylation is 1. The van der Waals surface area contributed by atoms with Gasteiger partial charge in [-0.25, -0.2) is 8.78 Å². The first kappa shape index (κ1) is 12.5. The highest BCUT2D eigenvalue weighted by molar-refractivity contribution is 5.30. The maximum absolute atomic E-state index is 14.0. The van der Waals surface area contributed by atoms with E-state index in [1.807, 2.05) is 6.92 Å². The summed E-state index contributed by atoms with van der Waals surface area (Å²) >= 11 is 0. The van der Waals surface area contributed by atoms with Gasteiger partial charge in [0.15, 0.2) is 0 Å². The fourth-order valence-corrected chi connectivity index (χ4v) is 2.81. The molecule has 0 saturated heterocycles. The van der Waals surface area contributed by atoms with Gasteiger partial charge in [-0.15, -0.1) is 0 Å². The third-order valence-electron chi connectivity index (χ3n) is 4.13. The Bertz CT molecular complexity index is 422. The average Bonchev–Trinajstić information content (AvgIpc) is 2.72. The van der Waals surface area contributed by atoms with Crippen LogP contribution in [0, 0.1) is 24.0 Å². The van der Waals surface area contributed by atoms with E-state index in [2.05, 4.69) is 0 Å². The zero-order chi connectivity index (χ0) is 12.6. The Kier molecular flexibility index (Phi) is 3.21. The summed E-state index contributed by atoms with van der Waals surface area (Å²) in [4.78, 5) is 0. The van der Waals surface area contributed by atoms with Crippen LogP contribution in [0.3, 0.4) is 0 Å². The molecule has 2 rings (SSSR count). The van der Waals surface area contributed by atoms with Gasteiger partial charge in [0.1, 0.15) is 11.6 Å². The molecule has 0 aromatic heterocycles. The van der Waals surface area contributed by atoms with Crippen molar-refractivity contribution in [2.45, 2.75) is 45.6 Å². The van der Waals surface area contributed by atoms with Gasteiger partial charge in [0.05, 0.1) is 0 Å². The molecule has 3 heteroatoms. The van der Waals surface area contributed by atoms with Crippen molar-refractivity contribution in [1.29, 1.82) is 0 Å². The van der Waals surface area contributed by atoms with Gasteiger partial charge in [-0.05, 0) is 36.8 Å². The molecular formula is C14H19F2N. The standard InChI is InChI=1S/C14H19F2N/c1-9-5-6-10(15)11(12(9)16)13(17)14(2)7-3-4-8-14/h5-6,13H,3-4,7-8,17H2,1-2H3. The zero-order valence-corrected chi connectivity index (χ0v) is 10.4. The molecule has 1 aromatic carbocycles. The molecule has 2 N–H and O–H groups in total. The van der Waals surface area contributed by atoms with Crippen molar-refractivity contribution in [3.05, 3.63) is 34.9 Å². The van der Waals surface area contributed by atoms with Crippen molar-refractivity contribution in [1.82, 2.24) is 0 Å². The fourth-order valence-electron chi connectivity index (χ4n) is 2.81. The average molecular weight is 239 g/mol.